The molecule has 2 aromatic carbocycles. The number of hydrogen-bond donors (Lipinski definition) is 0. The van der Waals surface area contributed by atoms with Crippen LogP contribution in [0.4, 0.5) is 5.69 Å². The molecule has 25 heavy (non-hydrogen) atoms. The first-order valence-electron chi connectivity index (χ1n) is 7.33. The molecule has 1 aliphatic heterocycles. The molecule has 0 N–H and O–H groups in total. The van der Waals surface area contributed by atoms with Gasteiger partial charge in [-0.2, -0.15) is 0 Å². The van der Waals surface area contributed by atoms with Crippen molar-refractivity contribution in [2.45, 2.75) is 0 Å². The molecule has 0 atom stereocenters. The molecule has 0 fully saturated rings. The number of anilines is 1. The number of carbonyl (C=O) groups excluding carboxylic acids is 2. The Hall–Kier alpha value is -2.80. The topological polar surface area (TPSA) is 78.9 Å². The summed E-state index contributed by atoms with van der Waals surface area (Å²) in [4.78, 5) is 24.9. The molecule has 128 valence electrons. The summed E-state index contributed by atoms with van der Waals surface area (Å²) < 4.78 is 11.8. The maximum Gasteiger partial charge on any atom is 0.294 e. The summed E-state index contributed by atoms with van der Waals surface area (Å²) in [5.41, 5.74) is 1.00. The van der Waals surface area contributed by atoms with Crippen molar-refractivity contribution in [1.82, 2.24) is 0 Å². The van der Waals surface area contributed by atoms with Crippen molar-refractivity contribution in [3.8, 4) is 11.5 Å². The molecule has 1 amide bonds. The van der Waals surface area contributed by atoms with Gasteiger partial charge >= 0.3 is 0 Å². The van der Waals surface area contributed by atoms with Crippen molar-refractivity contribution >= 4 is 39.6 Å². The molecule has 0 spiro atoms. The van der Waals surface area contributed by atoms with Gasteiger partial charge in [0.1, 0.15) is 5.75 Å². The van der Waals surface area contributed by atoms with E-state index in [1.165, 1.54) is 13.2 Å². The first-order chi connectivity index (χ1) is 12.0. The monoisotopic (exact) mass is 402 g/mol. The van der Waals surface area contributed by atoms with Crippen LogP contribution in [0.15, 0.2) is 52.7 Å². The highest BCUT2D eigenvalue weighted by atomic mass is 79.9. The Morgan fingerprint density at radius 3 is 2.80 bits per heavy atom. The Morgan fingerprint density at radius 1 is 1.32 bits per heavy atom. The number of carboxylic acids is 1. The second-order valence-corrected chi connectivity index (χ2v) is 6.14. The second kappa shape index (κ2) is 6.98. The fraction of sp³-hybridized carbons (Fsp3) is 0.111. The highest BCUT2D eigenvalue weighted by Crippen LogP contribution is 2.36. The quantitative estimate of drug-likeness (QED) is 0.730. The lowest BCUT2D eigenvalue weighted by molar-refractivity contribution is -0.303. The standard InChI is InChI=1S/C18H14BrNO5/c1-24-14-7-6-12(19)8-11(14)9-16-18(23)20(10-17(21)22)13-4-2-3-5-15(13)25-16/h2-9H,10H2,1H3,(H,21,22)/p-1. The molecule has 0 aromatic heterocycles. The number of methoxy groups -OCH3 is 1. The van der Waals surface area contributed by atoms with E-state index in [1.54, 1.807) is 36.4 Å². The Kier molecular flexibility index (Phi) is 4.76. The molecule has 3 rings (SSSR count). The summed E-state index contributed by atoms with van der Waals surface area (Å²) >= 11 is 3.37. The van der Waals surface area contributed by atoms with Crippen molar-refractivity contribution in [1.29, 1.82) is 0 Å². The molecule has 2 aromatic rings. The fourth-order valence-electron chi connectivity index (χ4n) is 2.51. The maximum absolute atomic E-state index is 12.7. The van der Waals surface area contributed by atoms with Gasteiger partial charge in [-0.3, -0.25) is 9.69 Å². The molecular formula is C18H13BrNO5-. The predicted molar refractivity (Wildman–Crippen MR) is 93.1 cm³/mol. The van der Waals surface area contributed by atoms with Crippen molar-refractivity contribution in [3.63, 3.8) is 0 Å². The molecule has 0 bridgehead atoms. The molecule has 7 heteroatoms. The number of fused-ring (bicyclic) bond motifs is 1. The second-order valence-electron chi connectivity index (χ2n) is 5.23. The van der Waals surface area contributed by atoms with Crippen LogP contribution in [0.1, 0.15) is 5.56 Å². The normalized spacial score (nSPS) is 14.9. The third kappa shape index (κ3) is 3.51. The number of carbonyl (C=O) groups is 2. The van der Waals surface area contributed by atoms with Crippen molar-refractivity contribution in [2.75, 3.05) is 18.6 Å². The van der Waals surface area contributed by atoms with Crippen LogP contribution >= 0.6 is 15.9 Å². The summed E-state index contributed by atoms with van der Waals surface area (Å²) in [6.07, 6.45) is 1.52. The summed E-state index contributed by atoms with van der Waals surface area (Å²) in [5, 5.41) is 11.0. The maximum atomic E-state index is 12.7. The summed E-state index contributed by atoms with van der Waals surface area (Å²) in [6.45, 7) is -0.563. The van der Waals surface area contributed by atoms with Crippen LogP contribution in [0.5, 0.6) is 11.5 Å². The minimum atomic E-state index is -1.36. The fourth-order valence-corrected chi connectivity index (χ4v) is 2.89. The van der Waals surface area contributed by atoms with E-state index in [0.29, 0.717) is 22.7 Å². The van der Waals surface area contributed by atoms with Crippen LogP contribution in [0.2, 0.25) is 0 Å². The third-order valence-corrected chi connectivity index (χ3v) is 4.09. The van der Waals surface area contributed by atoms with Gasteiger partial charge < -0.3 is 19.4 Å². The molecular weight excluding hydrogens is 390 g/mol. The van der Waals surface area contributed by atoms with E-state index in [9.17, 15) is 14.7 Å². The summed E-state index contributed by atoms with van der Waals surface area (Å²) in [5.74, 6) is -0.980. The van der Waals surface area contributed by atoms with E-state index in [2.05, 4.69) is 15.9 Å². The van der Waals surface area contributed by atoms with Gasteiger partial charge in [0.15, 0.2) is 11.5 Å². The number of halogens is 1. The molecule has 1 heterocycles. The highest BCUT2D eigenvalue weighted by molar-refractivity contribution is 9.10. The lowest BCUT2D eigenvalue weighted by atomic mass is 10.1. The number of benzene rings is 2. The van der Waals surface area contributed by atoms with Crippen LogP contribution in [0.3, 0.4) is 0 Å². The van der Waals surface area contributed by atoms with E-state index in [1.807, 2.05) is 6.07 Å². The average Bonchev–Trinajstić information content (AvgIpc) is 2.58. The zero-order valence-electron chi connectivity index (χ0n) is 13.2. The number of carboxylic acid groups (broad SMARTS) is 1. The van der Waals surface area contributed by atoms with Crippen molar-refractivity contribution in [2.24, 2.45) is 0 Å². The highest BCUT2D eigenvalue weighted by Gasteiger charge is 2.30. The van der Waals surface area contributed by atoms with Gasteiger partial charge in [0, 0.05) is 10.0 Å². The lowest BCUT2D eigenvalue weighted by Crippen LogP contribution is -2.44. The molecule has 0 unspecified atom stereocenters. The zero-order chi connectivity index (χ0) is 18.0. The summed E-state index contributed by atoms with van der Waals surface area (Å²) in [7, 11) is 1.52. The number of ether oxygens (including phenoxy) is 2. The number of para-hydroxylation sites is 2. The van der Waals surface area contributed by atoms with E-state index < -0.39 is 18.4 Å². The van der Waals surface area contributed by atoms with Crippen LogP contribution in [0, 0.1) is 0 Å². The van der Waals surface area contributed by atoms with E-state index in [-0.39, 0.29) is 5.76 Å². The van der Waals surface area contributed by atoms with Crippen LogP contribution in [-0.2, 0) is 9.59 Å². The van der Waals surface area contributed by atoms with Gasteiger partial charge in [-0.15, -0.1) is 0 Å². The van der Waals surface area contributed by atoms with Gasteiger partial charge in [0.25, 0.3) is 5.91 Å². The van der Waals surface area contributed by atoms with Crippen molar-refractivity contribution in [3.05, 3.63) is 58.3 Å². The SMILES string of the molecule is COc1ccc(Br)cc1C=C1Oc2ccccc2N(CC(=O)[O-])C1=O. The van der Waals surface area contributed by atoms with E-state index >= 15 is 0 Å². The minimum absolute atomic E-state index is 0.00338. The Morgan fingerprint density at radius 2 is 2.08 bits per heavy atom. The third-order valence-electron chi connectivity index (χ3n) is 3.60. The smallest absolute Gasteiger partial charge is 0.294 e. The minimum Gasteiger partial charge on any atom is -0.548 e. The number of hydrogen-bond acceptors (Lipinski definition) is 5. The molecule has 0 radical (unpaired) electrons. The average molecular weight is 403 g/mol. The lowest BCUT2D eigenvalue weighted by Gasteiger charge is -2.30. The first kappa shape index (κ1) is 17.0. The van der Waals surface area contributed by atoms with Crippen LogP contribution < -0.4 is 19.5 Å². The predicted octanol–water partition coefficient (Wildman–Crippen LogP) is 1.97. The molecule has 6 nitrogen and oxygen atoms in total. The Labute approximate surface area is 152 Å². The Bertz CT molecular complexity index is 878. The van der Waals surface area contributed by atoms with Crippen molar-refractivity contribution < 1.29 is 24.2 Å². The van der Waals surface area contributed by atoms with Gasteiger partial charge in [-0.25, -0.2) is 0 Å². The molecule has 1 aliphatic rings. The Balaban J connectivity index is 2.08. The number of nitrogens with zero attached hydrogens (tertiary/aromatic N) is 1. The van der Waals surface area contributed by atoms with Gasteiger partial charge in [0.05, 0.1) is 25.3 Å². The largest absolute Gasteiger partial charge is 0.548 e. The molecule has 0 saturated carbocycles. The number of amides is 1. The molecule has 0 aliphatic carbocycles. The molecule has 0 saturated heterocycles. The number of rotatable bonds is 4. The van der Waals surface area contributed by atoms with Crippen LogP contribution in [-0.4, -0.2) is 25.5 Å². The number of aliphatic carboxylic acids is 1. The van der Waals surface area contributed by atoms with Gasteiger partial charge in [0.2, 0.25) is 0 Å². The van der Waals surface area contributed by atoms with Crippen LogP contribution in [0.25, 0.3) is 6.08 Å². The van der Waals surface area contributed by atoms with Gasteiger partial charge in [-0.1, -0.05) is 28.1 Å². The van der Waals surface area contributed by atoms with E-state index in [4.69, 9.17) is 9.47 Å². The van der Waals surface area contributed by atoms with E-state index in [0.717, 1.165) is 9.37 Å². The zero-order valence-corrected chi connectivity index (χ0v) is 14.8. The first-order valence-corrected chi connectivity index (χ1v) is 8.12. The van der Waals surface area contributed by atoms with Gasteiger partial charge in [-0.05, 0) is 36.4 Å². The summed E-state index contributed by atoms with van der Waals surface area (Å²) in [6, 6.07) is 12.0.